The maximum absolute atomic E-state index is 13.2. The van der Waals surface area contributed by atoms with Gasteiger partial charge in [-0.2, -0.15) is 0 Å². The molecule has 4 rings (SSSR count). The van der Waals surface area contributed by atoms with Crippen molar-refractivity contribution in [1.82, 2.24) is 20.4 Å². The van der Waals surface area contributed by atoms with Crippen molar-refractivity contribution in [2.45, 2.75) is 0 Å². The average molecular weight is 859 g/mol. The Bertz CT molecular complexity index is 1930. The quantitative estimate of drug-likeness (QED) is 0.0662. The Morgan fingerprint density at radius 1 is 0.339 bits per heavy atom. The van der Waals surface area contributed by atoms with E-state index >= 15 is 0 Å². The Hall–Kier alpha value is -8.16. The van der Waals surface area contributed by atoms with Gasteiger partial charge >= 0.3 is 48.3 Å². The molecule has 0 atom stereocenters. The molecule has 0 aliphatic carbocycles. The first kappa shape index (κ1) is 46.5. The molecule has 20 nitrogen and oxygen atoms in total. The number of ether oxygens (including phenoxy) is 8. The number of rotatable bonds is 21. The van der Waals surface area contributed by atoms with E-state index < -0.39 is 75.4 Å². The Morgan fingerprint density at radius 3 is 0.871 bits per heavy atom. The number of benzene rings is 4. The monoisotopic (exact) mass is 858 g/mol. The summed E-state index contributed by atoms with van der Waals surface area (Å²) in [5.74, 6) is -3.00. The molecular weight excluding hydrogens is 816 g/mol. The highest BCUT2D eigenvalue weighted by atomic mass is 16.7. The van der Waals surface area contributed by atoms with Crippen molar-refractivity contribution in [2.24, 2.45) is 0 Å². The predicted octanol–water partition coefficient (Wildman–Crippen LogP) is 4.57. The highest BCUT2D eigenvalue weighted by Gasteiger charge is 2.22. The molecule has 0 aliphatic rings. The lowest BCUT2D eigenvalue weighted by molar-refractivity contribution is -0.0178. The summed E-state index contributed by atoms with van der Waals surface area (Å²) in [5, 5.41) is 4.77. The van der Waals surface area contributed by atoms with Crippen molar-refractivity contribution < 1.29 is 76.3 Å². The van der Waals surface area contributed by atoms with E-state index in [9.17, 15) is 38.4 Å². The molecular formula is C42H42N4O16. The summed E-state index contributed by atoms with van der Waals surface area (Å²) in [6.45, 7) is -4.60. The highest BCUT2D eigenvalue weighted by molar-refractivity contribution is 5.90. The molecule has 4 aromatic rings. The van der Waals surface area contributed by atoms with Crippen LogP contribution in [-0.2, 0) is 37.9 Å². The van der Waals surface area contributed by atoms with Crippen molar-refractivity contribution in [2.75, 3.05) is 66.4 Å². The minimum absolute atomic E-state index is 0.201. The van der Waals surface area contributed by atoms with Gasteiger partial charge < -0.3 is 58.3 Å². The number of alkyl carbamates (subject to hydrolysis) is 2. The van der Waals surface area contributed by atoms with E-state index in [4.69, 9.17) is 37.9 Å². The van der Waals surface area contributed by atoms with Crippen LogP contribution >= 0.6 is 0 Å². The Morgan fingerprint density at radius 2 is 0.597 bits per heavy atom. The van der Waals surface area contributed by atoms with E-state index in [1.54, 1.807) is 72.8 Å². The van der Waals surface area contributed by atoms with Crippen molar-refractivity contribution >= 4 is 48.3 Å². The second kappa shape index (κ2) is 26.0. The third-order valence-electron chi connectivity index (χ3n) is 8.00. The maximum atomic E-state index is 13.2. The highest BCUT2D eigenvalue weighted by Crippen LogP contribution is 2.06. The number of hydrogen-bond donors (Lipinski definition) is 2. The minimum atomic E-state index is -1.03. The average Bonchev–Trinajstić information content (AvgIpc) is 3.30. The topological polar surface area (TPSA) is 241 Å². The van der Waals surface area contributed by atoms with E-state index in [1.165, 1.54) is 48.5 Å². The molecule has 0 radical (unpaired) electrons. The summed E-state index contributed by atoms with van der Waals surface area (Å²) in [5.41, 5.74) is 0.881. The van der Waals surface area contributed by atoms with Crippen molar-refractivity contribution in [3.8, 4) is 0 Å². The van der Waals surface area contributed by atoms with E-state index in [1.807, 2.05) is 0 Å². The number of amides is 4. The zero-order chi connectivity index (χ0) is 44.4. The van der Waals surface area contributed by atoms with Gasteiger partial charge in [-0.1, -0.05) is 72.8 Å². The van der Waals surface area contributed by atoms with Gasteiger partial charge in [0.25, 0.3) is 0 Å². The Labute approximate surface area is 354 Å². The normalized spacial score (nSPS) is 10.1. The molecule has 4 amide bonds. The number of carbonyl (C=O) groups excluding carboxylic acids is 8. The number of esters is 4. The van der Waals surface area contributed by atoms with Crippen LogP contribution in [-0.4, -0.2) is 124 Å². The minimum Gasteiger partial charge on any atom is -0.424 e. The van der Waals surface area contributed by atoms with Gasteiger partial charge in [-0.25, -0.2) is 38.4 Å². The van der Waals surface area contributed by atoms with Crippen LogP contribution in [0, 0.1) is 0 Å². The Balaban J connectivity index is 1.34. The third-order valence-corrected chi connectivity index (χ3v) is 8.00. The van der Waals surface area contributed by atoms with Gasteiger partial charge in [-0.3, -0.25) is 0 Å². The van der Waals surface area contributed by atoms with Gasteiger partial charge in [0.15, 0.2) is 0 Å². The summed E-state index contributed by atoms with van der Waals surface area (Å²) < 4.78 is 40.0. The molecule has 20 heteroatoms. The molecule has 0 bridgehead atoms. The lowest BCUT2D eigenvalue weighted by Crippen LogP contribution is -2.46. The smallest absolute Gasteiger partial charge is 0.412 e. The fraction of sp³-hybridized carbons (Fsp3) is 0.238. The van der Waals surface area contributed by atoms with Gasteiger partial charge in [0.2, 0.25) is 27.2 Å². The van der Waals surface area contributed by atoms with Crippen LogP contribution in [0.25, 0.3) is 0 Å². The predicted molar refractivity (Wildman–Crippen MR) is 212 cm³/mol. The fourth-order valence-electron chi connectivity index (χ4n) is 4.87. The molecule has 2 N–H and O–H groups in total. The molecule has 0 saturated carbocycles. The van der Waals surface area contributed by atoms with E-state index in [0.717, 1.165) is 9.80 Å². The first-order valence-corrected chi connectivity index (χ1v) is 18.6. The standard InChI is InChI=1S/C42H42N4O16/c47-35(31-13-5-1-6-14-31)55-27-59-39(51)43-21-23-45(41(53)61-29-57-37(49)33-17-9-3-10-18-33)25-26-46(42(54)62-30-58-38(50)34-19-11-4-12-20-34)24-22-44-40(52)60-28-56-36(48)32-15-7-2-8-16-32/h1-20H,21-30H2,(H,43,51)(H,44,52). The van der Waals surface area contributed by atoms with Crippen LogP contribution < -0.4 is 10.6 Å². The zero-order valence-corrected chi connectivity index (χ0v) is 33.0. The molecule has 62 heavy (non-hydrogen) atoms. The first-order valence-electron chi connectivity index (χ1n) is 18.6. The summed E-state index contributed by atoms with van der Waals surface area (Å²) in [4.78, 5) is 102. The maximum Gasteiger partial charge on any atom is 0.412 e. The second-order valence-corrected chi connectivity index (χ2v) is 12.2. The lowest BCUT2D eigenvalue weighted by Gasteiger charge is -2.27. The van der Waals surface area contributed by atoms with Crippen LogP contribution in [0.15, 0.2) is 121 Å². The zero-order valence-electron chi connectivity index (χ0n) is 33.0. The summed E-state index contributed by atoms with van der Waals surface area (Å²) in [6.07, 6.45) is -4.07. The lowest BCUT2D eigenvalue weighted by atomic mass is 10.2. The van der Waals surface area contributed by atoms with Crippen molar-refractivity contribution in [1.29, 1.82) is 0 Å². The van der Waals surface area contributed by atoms with Crippen LogP contribution in [0.1, 0.15) is 41.4 Å². The first-order chi connectivity index (χ1) is 30.1. The Kier molecular flexibility index (Phi) is 19.5. The second-order valence-electron chi connectivity index (χ2n) is 12.2. The van der Waals surface area contributed by atoms with Gasteiger partial charge in [-0.15, -0.1) is 0 Å². The van der Waals surface area contributed by atoms with Crippen LogP contribution in [0.5, 0.6) is 0 Å². The van der Waals surface area contributed by atoms with Crippen LogP contribution in [0.2, 0.25) is 0 Å². The van der Waals surface area contributed by atoms with Crippen molar-refractivity contribution in [3.63, 3.8) is 0 Å². The molecule has 0 fully saturated rings. The summed E-state index contributed by atoms with van der Waals surface area (Å²) in [6, 6.07) is 31.8. The number of nitrogens with one attached hydrogen (secondary N) is 2. The SMILES string of the molecule is O=C(NCCN(CCN(CCNC(=O)OCOC(=O)c1ccccc1)C(=O)OCOC(=O)c1ccccc1)C(=O)OCOC(=O)c1ccccc1)OCOC(=O)c1ccccc1. The number of carbonyl (C=O) groups is 8. The van der Waals surface area contributed by atoms with Gasteiger partial charge in [-0.05, 0) is 48.5 Å². The summed E-state index contributed by atoms with van der Waals surface area (Å²) in [7, 11) is 0. The fourth-order valence-corrected chi connectivity index (χ4v) is 4.87. The molecule has 0 aliphatic heterocycles. The van der Waals surface area contributed by atoms with Crippen LogP contribution in [0.3, 0.4) is 0 Å². The molecule has 0 spiro atoms. The molecule has 0 aromatic heterocycles. The largest absolute Gasteiger partial charge is 0.424 e. The number of nitrogens with zero attached hydrogens (tertiary/aromatic N) is 2. The van der Waals surface area contributed by atoms with Crippen molar-refractivity contribution in [3.05, 3.63) is 144 Å². The molecule has 326 valence electrons. The summed E-state index contributed by atoms with van der Waals surface area (Å²) >= 11 is 0. The van der Waals surface area contributed by atoms with E-state index in [2.05, 4.69) is 10.6 Å². The molecule has 4 aromatic carbocycles. The molecule has 0 unspecified atom stereocenters. The van der Waals surface area contributed by atoms with E-state index in [-0.39, 0.29) is 61.5 Å². The number of hydrogen-bond acceptors (Lipinski definition) is 16. The van der Waals surface area contributed by atoms with Crippen LogP contribution in [0.4, 0.5) is 19.2 Å². The molecule has 0 saturated heterocycles. The van der Waals surface area contributed by atoms with Gasteiger partial charge in [0, 0.05) is 39.3 Å². The van der Waals surface area contributed by atoms with E-state index in [0.29, 0.717) is 0 Å². The molecule has 0 heterocycles. The van der Waals surface area contributed by atoms with Gasteiger partial charge in [0.1, 0.15) is 0 Å². The van der Waals surface area contributed by atoms with Gasteiger partial charge in [0.05, 0.1) is 22.3 Å². The third kappa shape index (κ3) is 17.0.